The minimum absolute atomic E-state index is 0.00908. The monoisotopic (exact) mass is 304 g/mol. The third-order valence-electron chi connectivity index (χ3n) is 2.99. The molecule has 1 aliphatic rings. The Labute approximate surface area is 116 Å². The van der Waals surface area contributed by atoms with Crippen molar-refractivity contribution >= 4 is 11.8 Å². The van der Waals surface area contributed by atoms with Gasteiger partial charge in [-0.05, 0) is 6.07 Å². The molecule has 0 unspecified atom stereocenters. The molecule has 2 heterocycles. The molecule has 0 atom stereocenters. The van der Waals surface area contributed by atoms with Crippen molar-refractivity contribution in [1.29, 1.82) is 0 Å². The maximum atomic E-state index is 12.3. The van der Waals surface area contributed by atoms with Crippen LogP contribution in [0, 0.1) is 0 Å². The van der Waals surface area contributed by atoms with Gasteiger partial charge >= 0.3 is 12.1 Å². The Morgan fingerprint density at radius 2 is 1.67 bits per heavy atom. The highest BCUT2D eigenvalue weighted by Gasteiger charge is 2.43. The van der Waals surface area contributed by atoms with Crippen molar-refractivity contribution in [3.8, 4) is 0 Å². The quantitative estimate of drug-likeness (QED) is 0.766. The molecule has 1 saturated heterocycles. The predicted molar refractivity (Wildman–Crippen MR) is 63.4 cm³/mol. The van der Waals surface area contributed by atoms with Gasteiger partial charge in [-0.3, -0.25) is 14.4 Å². The fourth-order valence-electron chi connectivity index (χ4n) is 1.92. The van der Waals surface area contributed by atoms with E-state index in [9.17, 15) is 27.6 Å². The second-order valence-corrected chi connectivity index (χ2v) is 4.39. The highest BCUT2D eigenvalue weighted by atomic mass is 19.4. The topological polar surface area (TPSA) is 86.4 Å². The lowest BCUT2D eigenvalue weighted by molar-refractivity contribution is -0.186. The van der Waals surface area contributed by atoms with Gasteiger partial charge in [-0.15, -0.1) is 0 Å². The average Bonchev–Trinajstić information content (AvgIpc) is 2.46. The van der Waals surface area contributed by atoms with E-state index in [1.165, 1.54) is 11.0 Å². The number of hydrogen-bond acceptors (Lipinski definition) is 4. The van der Waals surface area contributed by atoms with Crippen molar-refractivity contribution in [3.05, 3.63) is 28.2 Å². The normalized spacial score (nSPS) is 16.0. The summed E-state index contributed by atoms with van der Waals surface area (Å²) in [4.78, 5) is 35.8. The Bertz CT molecular complexity index is 585. The Hall–Kier alpha value is -2.39. The van der Waals surface area contributed by atoms with Gasteiger partial charge in [-0.1, -0.05) is 0 Å². The summed E-state index contributed by atoms with van der Waals surface area (Å²) in [5, 5.41) is 5.66. The lowest BCUT2D eigenvalue weighted by Crippen LogP contribution is -2.53. The zero-order valence-electron chi connectivity index (χ0n) is 10.7. The van der Waals surface area contributed by atoms with Crippen LogP contribution >= 0.6 is 0 Å². The molecule has 0 aromatic carbocycles. The van der Waals surface area contributed by atoms with Gasteiger partial charge in [-0.2, -0.15) is 18.3 Å². The van der Waals surface area contributed by atoms with Crippen molar-refractivity contribution in [3.63, 3.8) is 0 Å². The van der Waals surface area contributed by atoms with Crippen molar-refractivity contribution < 1.29 is 22.8 Å². The lowest BCUT2D eigenvalue weighted by atomic mass is 10.2. The van der Waals surface area contributed by atoms with E-state index in [4.69, 9.17) is 0 Å². The van der Waals surface area contributed by atoms with Gasteiger partial charge in [0.2, 0.25) is 0 Å². The molecule has 7 nitrogen and oxygen atoms in total. The lowest BCUT2D eigenvalue weighted by Gasteiger charge is -2.34. The molecule has 0 aliphatic carbocycles. The summed E-state index contributed by atoms with van der Waals surface area (Å²) in [5.74, 6) is -2.41. The van der Waals surface area contributed by atoms with Crippen LogP contribution < -0.4 is 5.56 Å². The van der Waals surface area contributed by atoms with Crippen LogP contribution in [0.1, 0.15) is 10.5 Å². The summed E-state index contributed by atoms with van der Waals surface area (Å²) in [6, 6.07) is 2.36. The first-order valence-corrected chi connectivity index (χ1v) is 6.00. The number of carbonyl (C=O) groups excluding carboxylic acids is 2. The standard InChI is InChI=1S/C11H11F3N4O3/c12-11(13,14)10(21)18-5-3-17(4-6-18)9(20)7-1-2-8(19)16-15-7/h1-2H,3-6H2,(H,16,19). The molecule has 0 bridgehead atoms. The maximum Gasteiger partial charge on any atom is 0.471 e. The number of piperazine rings is 1. The van der Waals surface area contributed by atoms with E-state index < -0.39 is 23.5 Å². The SMILES string of the molecule is O=C(c1ccc(=O)[nH]n1)N1CCN(C(=O)C(F)(F)F)CC1. The number of halogens is 3. The molecule has 21 heavy (non-hydrogen) atoms. The molecule has 1 aromatic rings. The molecule has 1 fully saturated rings. The summed E-state index contributed by atoms with van der Waals surface area (Å²) in [5.41, 5.74) is -0.475. The minimum Gasteiger partial charge on any atom is -0.334 e. The van der Waals surface area contributed by atoms with Gasteiger partial charge in [0.15, 0.2) is 0 Å². The van der Waals surface area contributed by atoms with E-state index in [2.05, 4.69) is 10.2 Å². The van der Waals surface area contributed by atoms with Crippen LogP contribution in [-0.4, -0.2) is 64.2 Å². The summed E-state index contributed by atoms with van der Waals surface area (Å²) < 4.78 is 36.8. The van der Waals surface area contributed by atoms with Gasteiger partial charge in [0.05, 0.1) is 0 Å². The van der Waals surface area contributed by atoms with Gasteiger partial charge in [0, 0.05) is 32.2 Å². The average molecular weight is 304 g/mol. The molecular formula is C11H11F3N4O3. The van der Waals surface area contributed by atoms with Crippen LogP contribution in [0.3, 0.4) is 0 Å². The molecule has 1 N–H and O–H groups in total. The van der Waals surface area contributed by atoms with Gasteiger partial charge < -0.3 is 9.80 Å². The number of carbonyl (C=O) groups is 2. The predicted octanol–water partition coefficient (Wildman–Crippen LogP) is -0.383. The number of rotatable bonds is 1. The fraction of sp³-hybridized carbons (Fsp3) is 0.455. The van der Waals surface area contributed by atoms with Crippen molar-refractivity contribution in [2.75, 3.05) is 26.2 Å². The van der Waals surface area contributed by atoms with E-state index in [-0.39, 0.29) is 31.9 Å². The molecular weight excluding hydrogens is 293 g/mol. The Kier molecular flexibility index (Phi) is 3.96. The first-order valence-electron chi connectivity index (χ1n) is 6.00. The highest BCUT2D eigenvalue weighted by Crippen LogP contribution is 2.19. The zero-order chi connectivity index (χ0) is 15.6. The molecule has 0 saturated carbocycles. The van der Waals surface area contributed by atoms with E-state index in [0.717, 1.165) is 6.07 Å². The van der Waals surface area contributed by atoms with Crippen LogP contribution in [0.4, 0.5) is 13.2 Å². The highest BCUT2D eigenvalue weighted by molar-refractivity contribution is 5.92. The summed E-state index contributed by atoms with van der Waals surface area (Å²) in [7, 11) is 0. The number of hydrogen-bond donors (Lipinski definition) is 1. The van der Waals surface area contributed by atoms with Crippen LogP contribution in [0.25, 0.3) is 0 Å². The molecule has 0 radical (unpaired) electrons. The Morgan fingerprint density at radius 3 is 2.14 bits per heavy atom. The van der Waals surface area contributed by atoms with E-state index >= 15 is 0 Å². The molecule has 2 amide bonds. The number of H-pyrrole nitrogens is 1. The fourth-order valence-corrected chi connectivity index (χ4v) is 1.92. The smallest absolute Gasteiger partial charge is 0.334 e. The molecule has 1 aromatic heterocycles. The van der Waals surface area contributed by atoms with Gasteiger partial charge in [-0.25, -0.2) is 5.10 Å². The Morgan fingerprint density at radius 1 is 1.10 bits per heavy atom. The summed E-state index contributed by atoms with van der Waals surface area (Å²) in [6.45, 7) is -0.455. The molecule has 10 heteroatoms. The number of aromatic amines is 1. The number of nitrogens with one attached hydrogen (secondary N) is 1. The molecule has 1 aliphatic heterocycles. The van der Waals surface area contributed by atoms with Crippen LogP contribution in [0.5, 0.6) is 0 Å². The van der Waals surface area contributed by atoms with Crippen molar-refractivity contribution in [1.82, 2.24) is 20.0 Å². The summed E-state index contributed by atoms with van der Waals surface area (Å²) in [6.07, 6.45) is -4.91. The number of aromatic nitrogens is 2. The molecule has 114 valence electrons. The number of alkyl halides is 3. The van der Waals surface area contributed by atoms with Gasteiger partial charge in [0.1, 0.15) is 5.69 Å². The Balaban J connectivity index is 1.98. The summed E-state index contributed by atoms with van der Waals surface area (Å²) >= 11 is 0. The molecule has 2 rings (SSSR count). The minimum atomic E-state index is -4.91. The first-order chi connectivity index (χ1) is 9.79. The van der Waals surface area contributed by atoms with Gasteiger partial charge in [0.25, 0.3) is 11.5 Å². The van der Waals surface area contributed by atoms with Crippen molar-refractivity contribution in [2.45, 2.75) is 6.18 Å². The number of amides is 2. The third-order valence-corrected chi connectivity index (χ3v) is 2.99. The first kappa shape index (κ1) is 15.0. The van der Waals surface area contributed by atoms with Crippen LogP contribution in [0.15, 0.2) is 16.9 Å². The number of nitrogens with zero attached hydrogens (tertiary/aromatic N) is 3. The van der Waals surface area contributed by atoms with Crippen LogP contribution in [-0.2, 0) is 4.79 Å². The molecule has 0 spiro atoms. The van der Waals surface area contributed by atoms with Crippen LogP contribution in [0.2, 0.25) is 0 Å². The van der Waals surface area contributed by atoms with E-state index in [0.29, 0.717) is 4.90 Å². The largest absolute Gasteiger partial charge is 0.471 e. The maximum absolute atomic E-state index is 12.3. The zero-order valence-corrected chi connectivity index (χ0v) is 10.7. The second kappa shape index (κ2) is 5.54. The second-order valence-electron chi connectivity index (χ2n) is 4.39. The third kappa shape index (κ3) is 3.38. The van der Waals surface area contributed by atoms with E-state index in [1.807, 2.05) is 0 Å². The van der Waals surface area contributed by atoms with E-state index in [1.54, 1.807) is 0 Å². The van der Waals surface area contributed by atoms with Crippen molar-refractivity contribution in [2.24, 2.45) is 0 Å².